The summed E-state index contributed by atoms with van der Waals surface area (Å²) in [5.41, 5.74) is 13.7. The zero-order valence-electron chi connectivity index (χ0n) is 27.8. The van der Waals surface area contributed by atoms with Gasteiger partial charge in [0, 0.05) is 0 Å². The number of hydrogen-bond acceptors (Lipinski definition) is 0. The SMILES string of the molecule is Cc1ccc2c(c1-c1cc(C(C)(C)C)cc(C(C)(C)C)c1)C=C(CC(C)C)[CH]2[Zr]([Cl])([Cl])[c]1cccc2c1[SiH2]c1ccccc1-2. The summed E-state index contributed by atoms with van der Waals surface area (Å²) in [5.74, 6) is 0.523. The summed E-state index contributed by atoms with van der Waals surface area (Å²) in [4.78, 5) is 0. The van der Waals surface area contributed by atoms with Crippen LogP contribution in [0.2, 0.25) is 0 Å². The zero-order chi connectivity index (χ0) is 31.8. The first-order valence-electron chi connectivity index (χ1n) is 16.2. The van der Waals surface area contributed by atoms with E-state index >= 15 is 0 Å². The Morgan fingerprint density at radius 2 is 1.43 bits per heavy atom. The van der Waals surface area contributed by atoms with Crippen molar-refractivity contribution in [3.63, 3.8) is 0 Å². The van der Waals surface area contributed by atoms with Gasteiger partial charge in [0.15, 0.2) is 0 Å². The van der Waals surface area contributed by atoms with Crippen LogP contribution in [0.1, 0.15) is 93.3 Å². The normalized spacial score (nSPS) is 16.7. The van der Waals surface area contributed by atoms with Crippen molar-refractivity contribution in [2.75, 3.05) is 0 Å². The average molecular weight is 717 g/mol. The van der Waals surface area contributed by atoms with Crippen LogP contribution in [-0.2, 0) is 28.7 Å². The van der Waals surface area contributed by atoms with E-state index < -0.39 is 27.4 Å². The first kappa shape index (κ1) is 32.2. The molecule has 4 heteroatoms. The first-order valence-corrected chi connectivity index (χ1v) is 26.6. The van der Waals surface area contributed by atoms with Crippen LogP contribution in [0, 0.1) is 12.8 Å². The van der Waals surface area contributed by atoms with Gasteiger partial charge < -0.3 is 0 Å². The van der Waals surface area contributed by atoms with Crippen LogP contribution >= 0.6 is 17.0 Å². The van der Waals surface area contributed by atoms with E-state index in [0.717, 1.165) is 6.42 Å². The molecule has 0 saturated heterocycles. The van der Waals surface area contributed by atoms with E-state index in [2.05, 4.69) is 141 Å². The molecule has 2 aliphatic rings. The van der Waals surface area contributed by atoms with Gasteiger partial charge in [0.1, 0.15) is 0 Å². The molecule has 1 heterocycles. The Hall–Kier alpha value is -1.70. The van der Waals surface area contributed by atoms with E-state index in [1.165, 1.54) is 69.3 Å². The Kier molecular flexibility index (Phi) is 8.44. The van der Waals surface area contributed by atoms with Gasteiger partial charge >= 0.3 is 282 Å². The molecule has 0 aromatic heterocycles. The van der Waals surface area contributed by atoms with Crippen LogP contribution < -0.4 is 13.6 Å². The van der Waals surface area contributed by atoms with Crippen LogP contribution in [-0.4, -0.2) is 9.52 Å². The molecule has 44 heavy (non-hydrogen) atoms. The average Bonchev–Trinajstić information content (AvgIpc) is 3.49. The van der Waals surface area contributed by atoms with Gasteiger partial charge in [-0.15, -0.1) is 0 Å². The van der Waals surface area contributed by atoms with Crippen molar-refractivity contribution in [1.29, 1.82) is 0 Å². The molecule has 1 aliphatic heterocycles. The number of halogens is 2. The molecule has 1 atom stereocenters. The monoisotopic (exact) mass is 714 g/mol. The topological polar surface area (TPSA) is 0 Å². The molecule has 6 rings (SSSR count). The standard InChI is InChI=1S/C28H37.C12H9Si.2ClH.Zr/c1-18(2)12-20-13-21-11-10-19(3)26(25(21)14-20)22-15-23(27(4,5)6)17-24(16-22)28(7,8)9;1-3-7-11-9(5-1)10-6-2-4-8-12(10)13-11;;;/h10-11,13-18H,12H2,1-9H3;1-7H,13H2;2*1H;/q;;;;+2/p-2. The molecule has 0 nitrogen and oxygen atoms in total. The summed E-state index contributed by atoms with van der Waals surface area (Å²) in [5, 5.41) is 3.01. The summed E-state index contributed by atoms with van der Waals surface area (Å²) >= 11 is -4.04. The summed E-state index contributed by atoms with van der Waals surface area (Å²) in [6.07, 6.45) is 3.51. The Morgan fingerprint density at radius 3 is 2.07 bits per heavy atom. The van der Waals surface area contributed by atoms with Crippen molar-refractivity contribution >= 4 is 46.3 Å². The second-order valence-corrected chi connectivity index (χ2v) is 31.4. The molecule has 0 bridgehead atoms. The van der Waals surface area contributed by atoms with E-state index in [1.807, 2.05) is 0 Å². The minimum absolute atomic E-state index is 0.0517. The van der Waals surface area contributed by atoms with Gasteiger partial charge in [-0.2, -0.15) is 0 Å². The summed E-state index contributed by atoms with van der Waals surface area (Å²) in [6.45, 7) is 20.8. The molecule has 1 aliphatic carbocycles. The van der Waals surface area contributed by atoms with Gasteiger partial charge in [-0.3, -0.25) is 0 Å². The Bertz CT molecular complexity index is 1770. The van der Waals surface area contributed by atoms with Crippen LogP contribution in [0.3, 0.4) is 0 Å². The summed E-state index contributed by atoms with van der Waals surface area (Å²) in [7, 11) is 15.3. The van der Waals surface area contributed by atoms with Gasteiger partial charge in [-0.25, -0.2) is 0 Å². The maximum atomic E-state index is 7.97. The molecule has 0 N–H and O–H groups in total. The van der Waals surface area contributed by atoms with E-state index in [9.17, 15) is 0 Å². The third kappa shape index (κ3) is 5.72. The van der Waals surface area contributed by atoms with Crippen molar-refractivity contribution in [2.45, 2.75) is 83.2 Å². The van der Waals surface area contributed by atoms with Crippen molar-refractivity contribution in [3.8, 4) is 22.3 Å². The number of hydrogen-bond donors (Lipinski definition) is 0. The maximum absolute atomic E-state index is 7.97. The molecule has 0 saturated carbocycles. The third-order valence-electron chi connectivity index (χ3n) is 9.67. The minimum atomic E-state index is -4.04. The fourth-order valence-electron chi connectivity index (χ4n) is 7.34. The molecule has 0 amide bonds. The number of rotatable bonds is 5. The predicted molar refractivity (Wildman–Crippen MR) is 195 cm³/mol. The van der Waals surface area contributed by atoms with Crippen LogP contribution in [0.15, 0.2) is 78.4 Å². The van der Waals surface area contributed by atoms with E-state index in [0.29, 0.717) is 5.92 Å². The predicted octanol–water partition coefficient (Wildman–Crippen LogP) is 9.63. The van der Waals surface area contributed by atoms with Gasteiger partial charge in [0.2, 0.25) is 0 Å². The quantitative estimate of drug-likeness (QED) is 0.159. The van der Waals surface area contributed by atoms with Crippen molar-refractivity contribution < 1.29 is 17.9 Å². The van der Waals surface area contributed by atoms with Crippen molar-refractivity contribution in [1.82, 2.24) is 0 Å². The second kappa shape index (κ2) is 11.5. The van der Waals surface area contributed by atoms with Gasteiger partial charge in [-0.05, 0) is 0 Å². The molecular formula is C40H46Cl2SiZr. The van der Waals surface area contributed by atoms with Gasteiger partial charge in [-0.1, -0.05) is 0 Å². The van der Waals surface area contributed by atoms with E-state index in [-0.39, 0.29) is 14.5 Å². The number of fused-ring (bicyclic) bond motifs is 4. The van der Waals surface area contributed by atoms with Crippen LogP contribution in [0.4, 0.5) is 0 Å². The molecular weight excluding hydrogens is 671 g/mol. The summed E-state index contributed by atoms with van der Waals surface area (Å²) in [6, 6.07) is 27.7. The summed E-state index contributed by atoms with van der Waals surface area (Å²) < 4.78 is 1.41. The van der Waals surface area contributed by atoms with Crippen LogP contribution in [0.5, 0.6) is 0 Å². The van der Waals surface area contributed by atoms with Crippen LogP contribution in [0.25, 0.3) is 28.3 Å². The number of allylic oxidation sites excluding steroid dienone is 1. The Morgan fingerprint density at radius 1 is 0.795 bits per heavy atom. The third-order valence-corrected chi connectivity index (χ3v) is 24.0. The van der Waals surface area contributed by atoms with Gasteiger partial charge in [0.05, 0.1) is 0 Å². The molecule has 0 spiro atoms. The molecule has 1 unspecified atom stereocenters. The fourth-order valence-corrected chi connectivity index (χ4v) is 24.1. The molecule has 4 aromatic rings. The van der Waals surface area contributed by atoms with E-state index in [1.54, 1.807) is 0 Å². The Balaban J connectivity index is 1.56. The second-order valence-electron chi connectivity index (χ2n) is 15.6. The number of benzene rings is 4. The zero-order valence-corrected chi connectivity index (χ0v) is 33.2. The van der Waals surface area contributed by atoms with Crippen molar-refractivity contribution in [2.24, 2.45) is 5.92 Å². The fraction of sp³-hybridized carbons (Fsp3) is 0.350. The van der Waals surface area contributed by atoms with Crippen molar-refractivity contribution in [3.05, 3.63) is 106 Å². The molecule has 228 valence electrons. The molecule has 4 aromatic carbocycles. The molecule has 0 fully saturated rings. The molecule has 0 radical (unpaired) electrons. The number of aryl methyl sites for hydroxylation is 1. The van der Waals surface area contributed by atoms with E-state index in [4.69, 9.17) is 17.0 Å². The van der Waals surface area contributed by atoms with Gasteiger partial charge in [0.25, 0.3) is 0 Å². The first-order chi connectivity index (χ1) is 20.6. The Labute approximate surface area is 279 Å².